The fourth-order valence-corrected chi connectivity index (χ4v) is 2.82. The Hall–Kier alpha value is -1.85. The van der Waals surface area contributed by atoms with Gasteiger partial charge in [0.1, 0.15) is 5.82 Å². The molecule has 6 heteroatoms. The van der Waals surface area contributed by atoms with Gasteiger partial charge < -0.3 is 10.6 Å². The molecule has 1 unspecified atom stereocenters. The van der Waals surface area contributed by atoms with Gasteiger partial charge in [-0.25, -0.2) is 0 Å². The van der Waals surface area contributed by atoms with Crippen LogP contribution in [0.2, 0.25) is 0 Å². The van der Waals surface area contributed by atoms with Crippen LogP contribution in [0, 0.1) is 5.41 Å². The molecular formula is C13H20N6. The first kappa shape index (κ1) is 12.2. The second-order valence-corrected chi connectivity index (χ2v) is 5.86. The highest BCUT2D eigenvalue weighted by Crippen LogP contribution is 2.39. The highest BCUT2D eigenvalue weighted by atomic mass is 15.2. The fraction of sp³-hybridized carbons (Fsp3) is 0.615. The lowest BCUT2D eigenvalue weighted by Gasteiger charge is -2.28. The molecular weight excluding hydrogens is 240 g/mol. The summed E-state index contributed by atoms with van der Waals surface area (Å²) in [6.45, 7) is 4.62. The van der Waals surface area contributed by atoms with Crippen molar-refractivity contribution in [3.8, 4) is 0 Å². The van der Waals surface area contributed by atoms with Crippen LogP contribution in [0.5, 0.6) is 0 Å². The largest absolute Gasteiger partial charge is 0.366 e. The molecule has 2 heterocycles. The van der Waals surface area contributed by atoms with Crippen LogP contribution >= 0.6 is 0 Å². The highest BCUT2D eigenvalue weighted by Gasteiger charge is 2.34. The number of rotatable bonds is 3. The van der Waals surface area contributed by atoms with Gasteiger partial charge in [-0.05, 0) is 18.3 Å². The first-order valence-corrected chi connectivity index (χ1v) is 6.75. The van der Waals surface area contributed by atoms with E-state index in [1.165, 1.54) is 19.3 Å². The monoisotopic (exact) mass is 260 g/mol. The van der Waals surface area contributed by atoms with E-state index < -0.39 is 0 Å². The number of nitrogens with one attached hydrogen (secondary N) is 3. The number of hydrogen-bond acceptors (Lipinski definition) is 5. The molecule has 3 N–H and O–H groups in total. The minimum atomic E-state index is 0.306. The van der Waals surface area contributed by atoms with Gasteiger partial charge in [-0.1, -0.05) is 20.3 Å². The average Bonchev–Trinajstić information content (AvgIpc) is 2.96. The summed E-state index contributed by atoms with van der Waals surface area (Å²) in [7, 11) is 1.82. The molecule has 0 aromatic carbocycles. The number of hydrogen-bond donors (Lipinski definition) is 3. The molecule has 0 aliphatic heterocycles. The third kappa shape index (κ3) is 2.11. The van der Waals surface area contributed by atoms with Gasteiger partial charge in [-0.2, -0.15) is 15.1 Å². The van der Waals surface area contributed by atoms with Gasteiger partial charge >= 0.3 is 0 Å². The molecule has 1 saturated carbocycles. The number of aromatic nitrogens is 4. The van der Waals surface area contributed by atoms with Crippen LogP contribution in [-0.2, 0) is 0 Å². The molecule has 0 radical (unpaired) electrons. The number of anilines is 2. The quantitative estimate of drug-likeness (QED) is 0.789. The van der Waals surface area contributed by atoms with Crippen molar-refractivity contribution in [3.05, 3.63) is 6.20 Å². The minimum Gasteiger partial charge on any atom is -0.366 e. The van der Waals surface area contributed by atoms with Crippen LogP contribution in [-0.4, -0.2) is 33.3 Å². The van der Waals surface area contributed by atoms with E-state index in [9.17, 15) is 0 Å². The molecule has 0 saturated heterocycles. The van der Waals surface area contributed by atoms with Crippen molar-refractivity contribution in [3.63, 3.8) is 0 Å². The summed E-state index contributed by atoms with van der Waals surface area (Å²) in [5, 5.41) is 14.5. The van der Waals surface area contributed by atoms with E-state index in [1.807, 2.05) is 7.05 Å². The maximum atomic E-state index is 4.53. The minimum absolute atomic E-state index is 0.306. The number of H-pyrrole nitrogens is 1. The Labute approximate surface area is 112 Å². The Balaban J connectivity index is 1.97. The summed E-state index contributed by atoms with van der Waals surface area (Å²) >= 11 is 0. The lowest BCUT2D eigenvalue weighted by atomic mass is 9.87. The van der Waals surface area contributed by atoms with E-state index in [0.717, 1.165) is 16.9 Å². The molecule has 1 aliphatic rings. The zero-order valence-electron chi connectivity index (χ0n) is 11.6. The average molecular weight is 260 g/mol. The van der Waals surface area contributed by atoms with E-state index in [1.54, 1.807) is 6.20 Å². The van der Waals surface area contributed by atoms with Gasteiger partial charge in [0.05, 0.1) is 11.6 Å². The van der Waals surface area contributed by atoms with Gasteiger partial charge in [-0.15, -0.1) is 0 Å². The predicted octanol–water partition coefficient (Wildman–Crippen LogP) is 2.39. The van der Waals surface area contributed by atoms with Gasteiger partial charge in [0.25, 0.3) is 0 Å². The molecule has 3 rings (SSSR count). The smallest absolute Gasteiger partial charge is 0.226 e. The molecule has 0 bridgehead atoms. The maximum Gasteiger partial charge on any atom is 0.226 e. The molecule has 2 aromatic heterocycles. The van der Waals surface area contributed by atoms with Crippen LogP contribution < -0.4 is 10.6 Å². The van der Waals surface area contributed by atoms with Crippen LogP contribution in [0.3, 0.4) is 0 Å². The summed E-state index contributed by atoms with van der Waals surface area (Å²) < 4.78 is 0. The van der Waals surface area contributed by atoms with E-state index in [2.05, 4.69) is 44.6 Å². The molecule has 19 heavy (non-hydrogen) atoms. The summed E-state index contributed by atoms with van der Waals surface area (Å²) in [4.78, 5) is 8.87. The maximum absolute atomic E-state index is 4.53. The first-order valence-electron chi connectivity index (χ1n) is 6.75. The molecule has 1 fully saturated rings. The Kier molecular flexibility index (Phi) is 2.80. The van der Waals surface area contributed by atoms with E-state index in [-0.39, 0.29) is 0 Å². The van der Waals surface area contributed by atoms with Gasteiger partial charge in [0.15, 0.2) is 5.65 Å². The van der Waals surface area contributed by atoms with Crippen molar-refractivity contribution in [1.29, 1.82) is 0 Å². The molecule has 1 atom stereocenters. The number of nitrogens with zero attached hydrogens (tertiary/aromatic N) is 3. The molecule has 102 valence electrons. The van der Waals surface area contributed by atoms with Gasteiger partial charge in [0.2, 0.25) is 5.95 Å². The molecule has 2 aromatic rings. The lowest BCUT2D eigenvalue weighted by Crippen LogP contribution is -2.31. The molecule has 0 spiro atoms. The van der Waals surface area contributed by atoms with Crippen molar-refractivity contribution >= 4 is 22.8 Å². The van der Waals surface area contributed by atoms with Crippen molar-refractivity contribution in [1.82, 2.24) is 20.2 Å². The van der Waals surface area contributed by atoms with Crippen LogP contribution in [0.25, 0.3) is 11.0 Å². The molecule has 1 aliphatic carbocycles. The molecule has 6 nitrogen and oxygen atoms in total. The van der Waals surface area contributed by atoms with E-state index >= 15 is 0 Å². The van der Waals surface area contributed by atoms with E-state index in [4.69, 9.17) is 0 Å². The van der Waals surface area contributed by atoms with Crippen LogP contribution in [0.1, 0.15) is 33.1 Å². The summed E-state index contributed by atoms with van der Waals surface area (Å²) in [6, 6.07) is 0.449. The van der Waals surface area contributed by atoms with Crippen LogP contribution in [0.4, 0.5) is 11.8 Å². The Morgan fingerprint density at radius 2 is 2.21 bits per heavy atom. The normalized spacial score (nSPS) is 21.7. The predicted molar refractivity (Wildman–Crippen MR) is 76.3 cm³/mol. The van der Waals surface area contributed by atoms with Gasteiger partial charge in [-0.3, -0.25) is 5.10 Å². The highest BCUT2D eigenvalue weighted by molar-refractivity contribution is 5.87. The van der Waals surface area contributed by atoms with Crippen molar-refractivity contribution in [2.45, 2.75) is 39.2 Å². The van der Waals surface area contributed by atoms with E-state index in [0.29, 0.717) is 17.4 Å². The molecule has 0 amide bonds. The van der Waals surface area contributed by atoms with Crippen molar-refractivity contribution in [2.24, 2.45) is 5.41 Å². The zero-order chi connectivity index (χ0) is 13.5. The third-order valence-electron chi connectivity index (χ3n) is 4.10. The third-order valence-corrected chi connectivity index (χ3v) is 4.10. The number of aromatic amines is 1. The standard InChI is InChI=1S/C13H20N6/c1-13(2)6-4-5-9(13)16-10-8-7-15-19-11(8)18-12(14-3)17-10/h7,9H,4-6H2,1-3H3,(H3,14,15,16,17,18,19). The lowest BCUT2D eigenvalue weighted by molar-refractivity contribution is 0.349. The summed E-state index contributed by atoms with van der Waals surface area (Å²) in [6.07, 6.45) is 5.48. The SMILES string of the molecule is CNc1nc(NC2CCCC2(C)C)c2cn[nH]c2n1. The Bertz CT molecular complexity index is 588. The van der Waals surface area contributed by atoms with Crippen molar-refractivity contribution < 1.29 is 0 Å². The summed E-state index contributed by atoms with van der Waals surface area (Å²) in [5.41, 5.74) is 1.07. The Morgan fingerprint density at radius 1 is 1.37 bits per heavy atom. The van der Waals surface area contributed by atoms with Crippen molar-refractivity contribution in [2.75, 3.05) is 17.7 Å². The zero-order valence-corrected chi connectivity index (χ0v) is 11.6. The first-order chi connectivity index (χ1) is 9.10. The second-order valence-electron chi connectivity index (χ2n) is 5.86. The second kappa shape index (κ2) is 4.36. The van der Waals surface area contributed by atoms with Crippen LogP contribution in [0.15, 0.2) is 6.20 Å². The summed E-state index contributed by atoms with van der Waals surface area (Å²) in [5.74, 6) is 1.47. The van der Waals surface area contributed by atoms with Gasteiger partial charge in [0, 0.05) is 13.1 Å². The fourth-order valence-electron chi connectivity index (χ4n) is 2.82. The number of fused-ring (bicyclic) bond motifs is 1. The topological polar surface area (TPSA) is 78.5 Å². The Morgan fingerprint density at radius 3 is 2.89 bits per heavy atom.